The summed E-state index contributed by atoms with van der Waals surface area (Å²) in [5.74, 6) is -0.358. The van der Waals surface area contributed by atoms with E-state index in [1.807, 2.05) is 30.3 Å². The van der Waals surface area contributed by atoms with Crippen LogP contribution in [0.5, 0.6) is 0 Å². The molecule has 0 unspecified atom stereocenters. The lowest BCUT2D eigenvalue weighted by Gasteiger charge is -2.37. The maximum atomic E-state index is 11.6. The highest BCUT2D eigenvalue weighted by atomic mass is 28.4. The van der Waals surface area contributed by atoms with Gasteiger partial charge in [0.2, 0.25) is 0 Å². The number of hydrogen-bond donors (Lipinski definition) is 0. The van der Waals surface area contributed by atoms with Gasteiger partial charge in [-0.15, -0.1) is 0 Å². The predicted molar refractivity (Wildman–Crippen MR) is 104 cm³/mol. The first-order valence-corrected chi connectivity index (χ1v) is 11.7. The molecule has 0 aliphatic heterocycles. The minimum atomic E-state index is -1.88. The zero-order valence-corrected chi connectivity index (χ0v) is 17.4. The maximum absolute atomic E-state index is 11.6. The van der Waals surface area contributed by atoms with E-state index in [2.05, 4.69) is 33.9 Å². The number of rotatable bonds is 9. The Kier molecular flexibility index (Phi) is 8.55. The summed E-state index contributed by atoms with van der Waals surface area (Å²) in [6.45, 7) is 14.1. The van der Waals surface area contributed by atoms with Crippen LogP contribution in [0.15, 0.2) is 42.5 Å². The smallest absolute Gasteiger partial charge is 0.330 e. The molecule has 0 radical (unpaired) electrons. The molecule has 0 spiro atoms. The minimum absolute atomic E-state index is 0.127. The SMILES string of the molecule is CCOC(=O)/C=C\[C@H](CO[Si](C)(C)C(C)(C)C)OCc1ccccc1. The Morgan fingerprint density at radius 3 is 2.40 bits per heavy atom. The van der Waals surface area contributed by atoms with E-state index in [9.17, 15) is 4.79 Å². The van der Waals surface area contributed by atoms with Gasteiger partial charge in [0, 0.05) is 6.08 Å². The van der Waals surface area contributed by atoms with Gasteiger partial charge in [-0.1, -0.05) is 51.1 Å². The summed E-state index contributed by atoms with van der Waals surface area (Å²) < 4.78 is 17.2. The number of hydrogen-bond acceptors (Lipinski definition) is 4. The van der Waals surface area contributed by atoms with Crippen molar-refractivity contribution < 1.29 is 18.7 Å². The number of carbonyl (C=O) groups is 1. The number of benzene rings is 1. The van der Waals surface area contributed by atoms with Crippen molar-refractivity contribution in [1.29, 1.82) is 0 Å². The standard InChI is InChI=1S/C20H32O4Si/c1-7-22-19(21)14-13-18(16-24-25(5,6)20(2,3)4)23-15-17-11-9-8-10-12-17/h8-14,18H,7,15-16H2,1-6H3/b14-13-/t18-/m1/s1. The Labute approximate surface area is 153 Å². The van der Waals surface area contributed by atoms with Crippen LogP contribution < -0.4 is 0 Å². The van der Waals surface area contributed by atoms with Gasteiger partial charge in [-0.3, -0.25) is 0 Å². The second kappa shape index (κ2) is 9.90. The summed E-state index contributed by atoms with van der Waals surface area (Å²) >= 11 is 0. The molecule has 0 fully saturated rings. The van der Waals surface area contributed by atoms with Crippen LogP contribution >= 0.6 is 0 Å². The first-order chi connectivity index (χ1) is 11.7. The Morgan fingerprint density at radius 2 is 1.84 bits per heavy atom. The largest absolute Gasteiger partial charge is 0.463 e. The maximum Gasteiger partial charge on any atom is 0.330 e. The molecule has 1 atom stereocenters. The van der Waals surface area contributed by atoms with E-state index in [-0.39, 0.29) is 17.1 Å². The van der Waals surface area contributed by atoms with Crippen molar-refractivity contribution in [3.05, 3.63) is 48.0 Å². The van der Waals surface area contributed by atoms with E-state index in [0.717, 1.165) is 5.56 Å². The molecule has 0 heterocycles. The van der Waals surface area contributed by atoms with Gasteiger partial charge in [0.15, 0.2) is 8.32 Å². The van der Waals surface area contributed by atoms with Crippen molar-refractivity contribution in [3.8, 4) is 0 Å². The summed E-state index contributed by atoms with van der Waals surface area (Å²) in [6.07, 6.45) is 2.86. The van der Waals surface area contributed by atoms with Crippen LogP contribution in [0.3, 0.4) is 0 Å². The molecule has 1 aromatic rings. The van der Waals surface area contributed by atoms with Crippen molar-refractivity contribution in [2.24, 2.45) is 0 Å². The third-order valence-corrected chi connectivity index (χ3v) is 8.96. The molecule has 0 N–H and O–H groups in total. The van der Waals surface area contributed by atoms with Gasteiger partial charge < -0.3 is 13.9 Å². The Morgan fingerprint density at radius 1 is 1.20 bits per heavy atom. The van der Waals surface area contributed by atoms with Crippen LogP contribution in [0.25, 0.3) is 0 Å². The van der Waals surface area contributed by atoms with Crippen molar-refractivity contribution in [2.75, 3.05) is 13.2 Å². The van der Waals surface area contributed by atoms with Crippen LogP contribution in [-0.4, -0.2) is 33.6 Å². The zero-order chi connectivity index (χ0) is 18.9. The molecule has 25 heavy (non-hydrogen) atoms. The van der Waals surface area contributed by atoms with Crippen LogP contribution in [0.2, 0.25) is 18.1 Å². The zero-order valence-electron chi connectivity index (χ0n) is 16.4. The highest BCUT2D eigenvalue weighted by molar-refractivity contribution is 6.74. The van der Waals surface area contributed by atoms with Gasteiger partial charge in [0.05, 0.1) is 25.9 Å². The number of esters is 1. The van der Waals surface area contributed by atoms with Crippen LogP contribution in [0.1, 0.15) is 33.3 Å². The van der Waals surface area contributed by atoms with Crippen molar-refractivity contribution in [2.45, 2.75) is 58.5 Å². The molecule has 5 heteroatoms. The molecule has 4 nitrogen and oxygen atoms in total. The summed E-state index contributed by atoms with van der Waals surface area (Å²) in [5, 5.41) is 0.127. The first-order valence-electron chi connectivity index (χ1n) is 8.80. The van der Waals surface area contributed by atoms with Gasteiger partial charge in [-0.25, -0.2) is 4.79 Å². The van der Waals surface area contributed by atoms with Crippen LogP contribution in [0.4, 0.5) is 0 Å². The van der Waals surface area contributed by atoms with Gasteiger partial charge in [-0.2, -0.15) is 0 Å². The fraction of sp³-hybridized carbons (Fsp3) is 0.550. The predicted octanol–water partition coefficient (Wildman–Crippen LogP) is 4.71. The van der Waals surface area contributed by atoms with E-state index in [0.29, 0.717) is 19.8 Å². The van der Waals surface area contributed by atoms with Gasteiger partial charge in [0.25, 0.3) is 0 Å². The Bertz CT molecular complexity index is 547. The fourth-order valence-electron chi connectivity index (χ4n) is 1.82. The van der Waals surface area contributed by atoms with Gasteiger partial charge in [-0.05, 0) is 36.7 Å². The molecule has 0 aliphatic carbocycles. The molecular weight excluding hydrogens is 332 g/mol. The molecule has 0 saturated heterocycles. The third-order valence-electron chi connectivity index (χ3n) is 4.46. The highest BCUT2D eigenvalue weighted by Gasteiger charge is 2.37. The molecule has 1 rings (SSSR count). The molecule has 140 valence electrons. The number of ether oxygens (including phenoxy) is 2. The van der Waals surface area contributed by atoms with Crippen molar-refractivity contribution >= 4 is 14.3 Å². The monoisotopic (exact) mass is 364 g/mol. The summed E-state index contributed by atoms with van der Waals surface area (Å²) in [6, 6.07) is 9.96. The highest BCUT2D eigenvalue weighted by Crippen LogP contribution is 2.36. The molecule has 0 aliphatic rings. The molecule has 0 saturated carbocycles. The Balaban J connectivity index is 2.71. The second-order valence-corrected chi connectivity index (χ2v) is 12.3. The summed E-state index contributed by atoms with van der Waals surface area (Å²) in [7, 11) is -1.88. The van der Waals surface area contributed by atoms with Crippen molar-refractivity contribution in [1.82, 2.24) is 0 Å². The average molecular weight is 365 g/mol. The van der Waals surface area contributed by atoms with E-state index in [4.69, 9.17) is 13.9 Å². The molecule has 0 aromatic heterocycles. The minimum Gasteiger partial charge on any atom is -0.463 e. The molecule has 0 amide bonds. The molecular formula is C20H32O4Si. The Hall–Kier alpha value is -1.43. The number of carbonyl (C=O) groups excluding carboxylic acids is 1. The first kappa shape index (κ1) is 21.6. The lowest BCUT2D eigenvalue weighted by Crippen LogP contribution is -2.42. The fourth-order valence-corrected chi connectivity index (χ4v) is 2.83. The quantitative estimate of drug-likeness (QED) is 0.361. The second-order valence-electron chi connectivity index (χ2n) is 7.52. The average Bonchev–Trinajstić information content (AvgIpc) is 2.54. The normalized spacial score (nSPS) is 13.8. The summed E-state index contributed by atoms with van der Waals surface area (Å²) in [5.41, 5.74) is 1.09. The van der Waals surface area contributed by atoms with E-state index in [1.165, 1.54) is 6.08 Å². The van der Waals surface area contributed by atoms with Gasteiger partial charge in [0.1, 0.15) is 0 Å². The van der Waals surface area contributed by atoms with E-state index in [1.54, 1.807) is 13.0 Å². The van der Waals surface area contributed by atoms with Crippen LogP contribution in [0, 0.1) is 0 Å². The molecule has 1 aromatic carbocycles. The summed E-state index contributed by atoms with van der Waals surface area (Å²) in [4.78, 5) is 11.6. The topological polar surface area (TPSA) is 44.8 Å². The molecule has 0 bridgehead atoms. The lowest BCUT2D eigenvalue weighted by molar-refractivity contribution is -0.137. The third kappa shape index (κ3) is 7.99. The van der Waals surface area contributed by atoms with Crippen molar-refractivity contribution in [3.63, 3.8) is 0 Å². The lowest BCUT2D eigenvalue weighted by atomic mass is 10.2. The van der Waals surface area contributed by atoms with E-state index >= 15 is 0 Å². The van der Waals surface area contributed by atoms with Gasteiger partial charge >= 0.3 is 5.97 Å². The van der Waals surface area contributed by atoms with Crippen LogP contribution in [-0.2, 0) is 25.3 Å². The van der Waals surface area contributed by atoms with E-state index < -0.39 is 8.32 Å².